The van der Waals surface area contributed by atoms with E-state index in [1.54, 1.807) is 36.5 Å². The van der Waals surface area contributed by atoms with E-state index < -0.39 is 11.9 Å². The van der Waals surface area contributed by atoms with Crippen LogP contribution in [0.3, 0.4) is 0 Å². The Labute approximate surface area is 173 Å². The Morgan fingerprint density at radius 2 is 1.76 bits per heavy atom. The molecule has 3 aromatic rings. The molecule has 7 heteroatoms. The van der Waals surface area contributed by atoms with Gasteiger partial charge in [0.05, 0.1) is 5.69 Å². The maximum absolute atomic E-state index is 12.8. The molecule has 1 aromatic carbocycles. The van der Waals surface area contributed by atoms with Crippen molar-refractivity contribution in [2.24, 2.45) is 0 Å². The molecule has 0 bridgehead atoms. The van der Waals surface area contributed by atoms with Gasteiger partial charge in [-0.05, 0) is 80.4 Å². The highest BCUT2D eigenvalue weighted by molar-refractivity contribution is 6.31. The number of carbonyl (C=O) groups is 2. The van der Waals surface area contributed by atoms with E-state index in [0.717, 1.165) is 33.2 Å². The van der Waals surface area contributed by atoms with Crippen LogP contribution in [0.2, 0.25) is 5.02 Å². The Morgan fingerprint density at radius 3 is 2.45 bits per heavy atom. The van der Waals surface area contributed by atoms with Crippen LogP contribution in [0.4, 0.5) is 10.5 Å². The van der Waals surface area contributed by atoms with Crippen molar-refractivity contribution in [3.8, 4) is 5.82 Å². The molecular formula is C22H19ClN4O2. The van der Waals surface area contributed by atoms with Crippen LogP contribution in [-0.2, 0) is 4.79 Å². The van der Waals surface area contributed by atoms with E-state index in [4.69, 9.17) is 11.6 Å². The number of halogens is 1. The summed E-state index contributed by atoms with van der Waals surface area (Å²) in [5.74, 6) is 0.407. The number of aromatic nitrogens is 2. The monoisotopic (exact) mass is 406 g/mol. The lowest BCUT2D eigenvalue weighted by molar-refractivity contribution is -0.113. The Morgan fingerprint density at radius 1 is 1.03 bits per heavy atom. The van der Waals surface area contributed by atoms with Gasteiger partial charge >= 0.3 is 6.03 Å². The van der Waals surface area contributed by atoms with Crippen LogP contribution in [0.15, 0.2) is 54.4 Å². The highest BCUT2D eigenvalue weighted by Crippen LogP contribution is 2.26. The molecule has 0 unspecified atom stereocenters. The third kappa shape index (κ3) is 3.43. The number of carbonyl (C=O) groups excluding carboxylic acids is 2. The van der Waals surface area contributed by atoms with Gasteiger partial charge < -0.3 is 9.88 Å². The Bertz CT molecular complexity index is 1160. The van der Waals surface area contributed by atoms with Gasteiger partial charge in [0.1, 0.15) is 11.5 Å². The fourth-order valence-corrected chi connectivity index (χ4v) is 3.57. The first-order valence-corrected chi connectivity index (χ1v) is 9.47. The van der Waals surface area contributed by atoms with Crippen LogP contribution >= 0.6 is 11.6 Å². The van der Waals surface area contributed by atoms with Gasteiger partial charge in [0.25, 0.3) is 5.91 Å². The number of pyridine rings is 1. The van der Waals surface area contributed by atoms with Gasteiger partial charge in [-0.1, -0.05) is 11.6 Å². The molecule has 2 aromatic heterocycles. The van der Waals surface area contributed by atoms with Crippen molar-refractivity contribution in [3.63, 3.8) is 0 Å². The number of urea groups is 1. The minimum Gasteiger partial charge on any atom is -0.303 e. The molecule has 3 amide bonds. The number of hydrogen-bond donors (Lipinski definition) is 1. The summed E-state index contributed by atoms with van der Waals surface area (Å²) in [6.07, 6.45) is 3.47. The van der Waals surface area contributed by atoms with Gasteiger partial charge in [0.15, 0.2) is 0 Å². The molecule has 0 aliphatic carbocycles. The zero-order valence-corrected chi connectivity index (χ0v) is 17.0. The van der Waals surface area contributed by atoms with Crippen molar-refractivity contribution in [2.45, 2.75) is 20.8 Å². The van der Waals surface area contributed by atoms with Crippen molar-refractivity contribution in [2.75, 3.05) is 4.90 Å². The number of benzene rings is 1. The van der Waals surface area contributed by atoms with E-state index in [-0.39, 0.29) is 5.70 Å². The Balaban J connectivity index is 1.70. The topological polar surface area (TPSA) is 67.2 Å². The van der Waals surface area contributed by atoms with Crippen LogP contribution in [0.25, 0.3) is 11.9 Å². The smallest absolute Gasteiger partial charge is 0.303 e. The third-order valence-electron chi connectivity index (χ3n) is 4.86. The van der Waals surface area contributed by atoms with E-state index in [2.05, 4.69) is 10.3 Å². The summed E-state index contributed by atoms with van der Waals surface area (Å²) in [6.45, 7) is 5.95. The second kappa shape index (κ2) is 7.22. The van der Waals surface area contributed by atoms with Gasteiger partial charge in [-0.25, -0.2) is 14.7 Å². The average Bonchev–Trinajstić information content (AvgIpc) is 3.11. The number of imide groups is 1. The predicted octanol–water partition coefficient (Wildman–Crippen LogP) is 4.55. The summed E-state index contributed by atoms with van der Waals surface area (Å²) >= 11 is 5.90. The SMILES string of the molecule is Cc1ccnc(-n2c(C)cc(/C=C3/NC(=O)N(c4ccc(Cl)cc4)C3=O)c2C)c1. The number of hydrogen-bond acceptors (Lipinski definition) is 3. The minimum absolute atomic E-state index is 0.224. The van der Waals surface area contributed by atoms with Crippen LogP contribution in [0, 0.1) is 20.8 Å². The maximum Gasteiger partial charge on any atom is 0.333 e. The quantitative estimate of drug-likeness (QED) is 0.512. The van der Waals surface area contributed by atoms with E-state index in [9.17, 15) is 9.59 Å². The number of aryl methyl sites for hydroxylation is 2. The maximum atomic E-state index is 12.8. The van der Waals surface area contributed by atoms with E-state index in [1.807, 2.05) is 43.5 Å². The predicted molar refractivity (Wildman–Crippen MR) is 113 cm³/mol. The average molecular weight is 407 g/mol. The van der Waals surface area contributed by atoms with E-state index >= 15 is 0 Å². The standard InChI is InChI=1S/C22H19ClN4O2/c1-13-8-9-24-20(10-13)26-14(2)11-16(15(26)3)12-19-21(28)27(22(29)25-19)18-6-4-17(23)5-7-18/h4-12H,1-3H3,(H,25,29)/b19-12+. The molecule has 1 aliphatic heterocycles. The molecule has 6 nitrogen and oxygen atoms in total. The van der Waals surface area contributed by atoms with Crippen molar-refractivity contribution < 1.29 is 9.59 Å². The zero-order valence-electron chi connectivity index (χ0n) is 16.2. The summed E-state index contributed by atoms with van der Waals surface area (Å²) in [4.78, 5) is 30.8. The van der Waals surface area contributed by atoms with Crippen molar-refractivity contribution >= 4 is 35.3 Å². The van der Waals surface area contributed by atoms with E-state index in [0.29, 0.717) is 10.7 Å². The molecule has 0 spiro atoms. The third-order valence-corrected chi connectivity index (χ3v) is 5.12. The first kappa shape index (κ1) is 19.0. The largest absolute Gasteiger partial charge is 0.333 e. The highest BCUT2D eigenvalue weighted by Gasteiger charge is 2.35. The van der Waals surface area contributed by atoms with E-state index in [1.165, 1.54) is 0 Å². The normalized spacial score (nSPS) is 15.3. The number of rotatable bonds is 3. The molecule has 1 fully saturated rings. The number of nitrogens with one attached hydrogen (secondary N) is 1. The van der Waals surface area contributed by atoms with Gasteiger partial charge in [-0.2, -0.15) is 0 Å². The molecule has 1 aliphatic rings. The summed E-state index contributed by atoms with van der Waals surface area (Å²) in [5.41, 5.74) is 4.56. The van der Waals surface area contributed by atoms with Gasteiger partial charge in [-0.3, -0.25) is 4.79 Å². The molecule has 29 heavy (non-hydrogen) atoms. The molecular weight excluding hydrogens is 388 g/mol. The van der Waals surface area contributed by atoms with Crippen LogP contribution in [-0.4, -0.2) is 21.5 Å². The van der Waals surface area contributed by atoms with Crippen molar-refractivity contribution in [1.82, 2.24) is 14.9 Å². The van der Waals surface area contributed by atoms with Crippen LogP contribution < -0.4 is 10.2 Å². The number of nitrogens with zero attached hydrogens (tertiary/aromatic N) is 3. The molecule has 1 N–H and O–H groups in total. The minimum atomic E-state index is -0.488. The van der Waals surface area contributed by atoms with Crippen molar-refractivity contribution in [3.05, 3.63) is 81.9 Å². The lowest BCUT2D eigenvalue weighted by Crippen LogP contribution is -2.30. The second-order valence-corrected chi connectivity index (χ2v) is 7.39. The zero-order chi connectivity index (χ0) is 20.7. The summed E-state index contributed by atoms with van der Waals surface area (Å²) < 4.78 is 2.03. The number of amides is 3. The molecule has 4 rings (SSSR count). The van der Waals surface area contributed by atoms with Gasteiger partial charge in [0.2, 0.25) is 0 Å². The Hall–Kier alpha value is -3.38. The highest BCUT2D eigenvalue weighted by atomic mass is 35.5. The van der Waals surface area contributed by atoms with Crippen LogP contribution in [0.5, 0.6) is 0 Å². The summed E-state index contributed by atoms with van der Waals surface area (Å²) in [6, 6.07) is 12.0. The Kier molecular flexibility index (Phi) is 4.72. The lowest BCUT2D eigenvalue weighted by atomic mass is 10.2. The second-order valence-electron chi connectivity index (χ2n) is 6.96. The number of anilines is 1. The van der Waals surface area contributed by atoms with Gasteiger partial charge in [-0.15, -0.1) is 0 Å². The molecule has 1 saturated heterocycles. The lowest BCUT2D eigenvalue weighted by Gasteiger charge is -2.11. The van der Waals surface area contributed by atoms with Crippen LogP contribution in [0.1, 0.15) is 22.5 Å². The molecule has 0 saturated carbocycles. The summed E-state index contributed by atoms with van der Waals surface area (Å²) in [7, 11) is 0. The molecule has 146 valence electrons. The first-order chi connectivity index (χ1) is 13.8. The summed E-state index contributed by atoms with van der Waals surface area (Å²) in [5, 5.41) is 3.20. The fraction of sp³-hybridized carbons (Fsp3) is 0.136. The fourth-order valence-electron chi connectivity index (χ4n) is 3.44. The molecule has 3 heterocycles. The first-order valence-electron chi connectivity index (χ1n) is 9.10. The van der Waals surface area contributed by atoms with Gasteiger partial charge in [0, 0.05) is 22.6 Å². The molecule has 0 atom stereocenters. The van der Waals surface area contributed by atoms with Crippen molar-refractivity contribution in [1.29, 1.82) is 0 Å². The molecule has 0 radical (unpaired) electrons.